The lowest BCUT2D eigenvalue weighted by Crippen LogP contribution is -2.13. The number of nitrogens with zero attached hydrogens (tertiary/aromatic N) is 1. The van der Waals surface area contributed by atoms with Crippen molar-refractivity contribution in [2.24, 2.45) is 0 Å². The fourth-order valence-electron chi connectivity index (χ4n) is 2.05. The molecule has 0 unspecified atom stereocenters. The Bertz CT molecular complexity index is 791. The average Bonchev–Trinajstić information content (AvgIpc) is 3.09. The Labute approximate surface area is 150 Å². The van der Waals surface area contributed by atoms with E-state index >= 15 is 0 Å². The minimum Gasteiger partial charge on any atom is -0.462 e. The lowest BCUT2D eigenvalue weighted by Gasteiger charge is -2.03. The normalized spacial score (nSPS) is 11.2. The molecule has 2 aromatic rings. The van der Waals surface area contributed by atoms with Gasteiger partial charge in [-0.25, -0.2) is 4.39 Å². The second kappa shape index (κ2) is 10.1. The zero-order valence-corrected chi connectivity index (χ0v) is 14.3. The fourth-order valence-corrected chi connectivity index (χ4v) is 2.05. The number of amides is 1. The minimum atomic E-state index is -0.597. The molecule has 1 heterocycles. The summed E-state index contributed by atoms with van der Waals surface area (Å²) >= 11 is 0. The third-order valence-electron chi connectivity index (χ3n) is 3.36. The van der Waals surface area contributed by atoms with E-state index in [1.807, 2.05) is 6.07 Å². The number of nitriles is 1. The molecule has 136 valence electrons. The molecule has 0 fully saturated rings. The topological polar surface area (TPSA) is 84.5 Å². The van der Waals surface area contributed by atoms with Crippen LogP contribution in [0.15, 0.2) is 46.4 Å². The van der Waals surface area contributed by atoms with Crippen molar-refractivity contribution in [1.29, 1.82) is 5.26 Å². The van der Waals surface area contributed by atoms with Crippen LogP contribution < -0.4 is 5.32 Å². The van der Waals surface area contributed by atoms with Crippen LogP contribution in [-0.4, -0.2) is 32.8 Å². The van der Waals surface area contributed by atoms with Crippen LogP contribution >= 0.6 is 0 Å². The standard InChI is InChI=1S/C19H19FN2O4/c1-24-10-11-25-9-8-17-6-7-18(26-17)12-14(13-21)19(23)22-16-4-2-15(20)3-5-16/h2-7,12H,8-11H2,1H3,(H,22,23)/b14-12+. The summed E-state index contributed by atoms with van der Waals surface area (Å²) in [6, 6.07) is 10.5. The molecule has 0 aliphatic rings. The summed E-state index contributed by atoms with van der Waals surface area (Å²) in [6.45, 7) is 1.52. The van der Waals surface area contributed by atoms with E-state index in [2.05, 4.69) is 5.32 Å². The van der Waals surface area contributed by atoms with Crippen LogP contribution in [0.4, 0.5) is 10.1 Å². The molecular weight excluding hydrogens is 339 g/mol. The second-order valence-corrected chi connectivity index (χ2v) is 5.29. The van der Waals surface area contributed by atoms with Gasteiger partial charge in [-0.05, 0) is 36.4 Å². The molecule has 0 aliphatic carbocycles. The van der Waals surface area contributed by atoms with E-state index in [1.165, 1.54) is 30.3 Å². The van der Waals surface area contributed by atoms with E-state index in [0.717, 1.165) is 0 Å². The number of carbonyl (C=O) groups is 1. The number of anilines is 1. The largest absolute Gasteiger partial charge is 0.462 e. The van der Waals surface area contributed by atoms with Crippen LogP contribution in [0.3, 0.4) is 0 Å². The van der Waals surface area contributed by atoms with Gasteiger partial charge in [-0.3, -0.25) is 4.79 Å². The first-order valence-electron chi connectivity index (χ1n) is 7.96. The Morgan fingerprint density at radius 2 is 2.00 bits per heavy atom. The molecule has 0 radical (unpaired) electrons. The van der Waals surface area contributed by atoms with Gasteiger partial charge in [0.1, 0.15) is 29.0 Å². The van der Waals surface area contributed by atoms with Crippen molar-refractivity contribution in [2.45, 2.75) is 6.42 Å². The third kappa shape index (κ3) is 6.16. The van der Waals surface area contributed by atoms with E-state index < -0.39 is 11.7 Å². The number of benzene rings is 1. The van der Waals surface area contributed by atoms with Gasteiger partial charge in [0, 0.05) is 25.3 Å². The first-order valence-corrected chi connectivity index (χ1v) is 7.96. The van der Waals surface area contributed by atoms with Crippen LogP contribution in [0, 0.1) is 17.1 Å². The average molecular weight is 358 g/mol. The summed E-state index contributed by atoms with van der Waals surface area (Å²) in [6.07, 6.45) is 1.93. The molecule has 0 bridgehead atoms. The molecule has 6 nitrogen and oxygen atoms in total. The van der Waals surface area contributed by atoms with Gasteiger partial charge in [0.2, 0.25) is 0 Å². The molecule has 0 spiro atoms. The van der Waals surface area contributed by atoms with Crippen molar-refractivity contribution in [1.82, 2.24) is 0 Å². The molecule has 7 heteroatoms. The van der Waals surface area contributed by atoms with Gasteiger partial charge in [0.05, 0.1) is 19.8 Å². The highest BCUT2D eigenvalue weighted by molar-refractivity contribution is 6.09. The first kappa shape index (κ1) is 19.4. The molecular formula is C19H19FN2O4. The molecule has 1 N–H and O–H groups in total. The van der Waals surface area contributed by atoms with E-state index in [1.54, 1.807) is 19.2 Å². The van der Waals surface area contributed by atoms with Gasteiger partial charge in [-0.2, -0.15) is 5.26 Å². The summed E-state index contributed by atoms with van der Waals surface area (Å²) in [5, 5.41) is 11.7. The molecule has 26 heavy (non-hydrogen) atoms. The van der Waals surface area contributed by atoms with Crippen molar-refractivity contribution in [3.8, 4) is 6.07 Å². The third-order valence-corrected chi connectivity index (χ3v) is 3.36. The molecule has 0 aliphatic heterocycles. The lowest BCUT2D eigenvalue weighted by atomic mass is 10.2. The number of rotatable bonds is 9. The maximum absolute atomic E-state index is 12.9. The zero-order chi connectivity index (χ0) is 18.8. The van der Waals surface area contributed by atoms with Gasteiger partial charge in [0.25, 0.3) is 5.91 Å². The smallest absolute Gasteiger partial charge is 0.266 e. The number of methoxy groups -OCH3 is 1. The highest BCUT2D eigenvalue weighted by atomic mass is 19.1. The SMILES string of the molecule is COCCOCCc1ccc(/C=C(\C#N)C(=O)Nc2ccc(F)cc2)o1. The second-order valence-electron chi connectivity index (χ2n) is 5.29. The van der Waals surface area contributed by atoms with Gasteiger partial charge in [-0.15, -0.1) is 0 Å². The summed E-state index contributed by atoms with van der Waals surface area (Å²) in [4.78, 5) is 12.1. The van der Waals surface area contributed by atoms with E-state index in [9.17, 15) is 14.4 Å². The number of hydrogen-bond donors (Lipinski definition) is 1. The molecule has 1 aromatic carbocycles. The summed E-state index contributed by atoms with van der Waals surface area (Å²) in [5.41, 5.74) is 0.275. The van der Waals surface area contributed by atoms with Crippen LogP contribution in [-0.2, 0) is 20.7 Å². The van der Waals surface area contributed by atoms with Crippen molar-refractivity contribution in [3.05, 3.63) is 59.3 Å². The number of hydrogen-bond acceptors (Lipinski definition) is 5. The number of nitrogens with one attached hydrogen (secondary N) is 1. The van der Waals surface area contributed by atoms with Gasteiger partial charge >= 0.3 is 0 Å². The predicted octanol–water partition coefficient (Wildman–Crippen LogP) is 3.17. The minimum absolute atomic E-state index is 0.119. The Morgan fingerprint density at radius 3 is 2.69 bits per heavy atom. The number of carbonyl (C=O) groups excluding carboxylic acids is 1. The highest BCUT2D eigenvalue weighted by Gasteiger charge is 2.11. The van der Waals surface area contributed by atoms with Crippen molar-refractivity contribution < 1.29 is 23.1 Å². The molecule has 0 atom stereocenters. The van der Waals surface area contributed by atoms with Crippen LogP contribution in [0.2, 0.25) is 0 Å². The van der Waals surface area contributed by atoms with E-state index in [0.29, 0.717) is 43.4 Å². The lowest BCUT2D eigenvalue weighted by molar-refractivity contribution is -0.112. The molecule has 0 saturated heterocycles. The molecule has 1 amide bonds. The maximum Gasteiger partial charge on any atom is 0.266 e. The highest BCUT2D eigenvalue weighted by Crippen LogP contribution is 2.15. The molecule has 2 rings (SSSR count). The van der Waals surface area contributed by atoms with Gasteiger partial charge in [0.15, 0.2) is 0 Å². The monoisotopic (exact) mass is 358 g/mol. The number of furan rings is 1. The van der Waals surface area contributed by atoms with Crippen LogP contribution in [0.1, 0.15) is 11.5 Å². The van der Waals surface area contributed by atoms with Crippen molar-refractivity contribution in [3.63, 3.8) is 0 Å². The van der Waals surface area contributed by atoms with Gasteiger partial charge in [-0.1, -0.05) is 0 Å². The van der Waals surface area contributed by atoms with Crippen molar-refractivity contribution >= 4 is 17.7 Å². The number of halogens is 1. The molecule has 0 saturated carbocycles. The van der Waals surface area contributed by atoms with Crippen LogP contribution in [0.25, 0.3) is 6.08 Å². The fraction of sp³-hybridized carbons (Fsp3) is 0.263. The maximum atomic E-state index is 12.9. The molecule has 1 aromatic heterocycles. The van der Waals surface area contributed by atoms with E-state index in [-0.39, 0.29) is 5.57 Å². The van der Waals surface area contributed by atoms with E-state index in [4.69, 9.17) is 13.9 Å². The van der Waals surface area contributed by atoms with Gasteiger partial charge < -0.3 is 19.2 Å². The summed E-state index contributed by atoms with van der Waals surface area (Å²) in [5.74, 6) is 0.0703. The summed E-state index contributed by atoms with van der Waals surface area (Å²) in [7, 11) is 1.60. The Morgan fingerprint density at radius 1 is 1.23 bits per heavy atom. The Balaban J connectivity index is 1.94. The predicted molar refractivity (Wildman–Crippen MR) is 93.7 cm³/mol. The Kier molecular flexibility index (Phi) is 7.55. The first-order chi connectivity index (χ1) is 12.6. The van der Waals surface area contributed by atoms with Crippen LogP contribution in [0.5, 0.6) is 0 Å². The zero-order valence-electron chi connectivity index (χ0n) is 14.3. The quantitative estimate of drug-likeness (QED) is 0.423. The summed E-state index contributed by atoms with van der Waals surface area (Å²) < 4.78 is 28.7. The Hall–Kier alpha value is -2.95. The number of ether oxygens (including phenoxy) is 2. The van der Waals surface area contributed by atoms with Crippen molar-refractivity contribution in [2.75, 3.05) is 32.2 Å².